The van der Waals surface area contributed by atoms with Crippen molar-refractivity contribution in [3.8, 4) is 11.5 Å². The molecule has 1 saturated heterocycles. The highest BCUT2D eigenvalue weighted by atomic mass is 19.1. The molecule has 2 heterocycles. The Balaban J connectivity index is 1.58. The van der Waals surface area contributed by atoms with Crippen LogP contribution in [0, 0.1) is 17.6 Å². The zero-order valence-electron chi connectivity index (χ0n) is 17.5. The number of nitrogens with zero attached hydrogens (tertiary/aromatic N) is 4. The van der Waals surface area contributed by atoms with Gasteiger partial charge in [0.25, 0.3) is 0 Å². The quantitative estimate of drug-likeness (QED) is 0.415. The van der Waals surface area contributed by atoms with Gasteiger partial charge in [0.05, 0.1) is 22.9 Å². The standard InChI is InChI=1S/C23H24FN5O2/c1-16-4-3-5-19(12-16)31-23-7-6-18(13-20(23)24)29(27-30)22-14-25-10-8-21(22)26-17-9-11-28(2)15-17/h3-8,10,12-14,17H,9,11,15H2,1-2H3,(H,25,26). The van der Waals surface area contributed by atoms with E-state index in [1.807, 2.05) is 25.1 Å². The molecule has 0 spiro atoms. The number of aryl methyl sites for hydroxylation is 1. The third-order valence-electron chi connectivity index (χ3n) is 5.24. The molecule has 1 aliphatic rings. The molecule has 0 bridgehead atoms. The molecule has 0 amide bonds. The van der Waals surface area contributed by atoms with E-state index in [1.165, 1.54) is 18.3 Å². The zero-order chi connectivity index (χ0) is 21.8. The van der Waals surface area contributed by atoms with Crippen molar-refractivity contribution in [1.82, 2.24) is 9.88 Å². The van der Waals surface area contributed by atoms with E-state index >= 15 is 0 Å². The van der Waals surface area contributed by atoms with Crippen molar-refractivity contribution in [2.75, 3.05) is 30.5 Å². The maximum Gasteiger partial charge on any atom is 0.167 e. The number of hydrogen-bond acceptors (Lipinski definition) is 6. The van der Waals surface area contributed by atoms with E-state index in [-0.39, 0.29) is 17.5 Å². The van der Waals surface area contributed by atoms with Crippen LogP contribution in [-0.4, -0.2) is 36.1 Å². The van der Waals surface area contributed by atoms with Crippen molar-refractivity contribution in [2.45, 2.75) is 19.4 Å². The highest BCUT2D eigenvalue weighted by Crippen LogP contribution is 2.35. The van der Waals surface area contributed by atoms with E-state index in [4.69, 9.17) is 4.74 Å². The predicted molar refractivity (Wildman–Crippen MR) is 119 cm³/mol. The molecule has 1 fully saturated rings. The van der Waals surface area contributed by atoms with E-state index in [2.05, 4.69) is 27.5 Å². The molecular formula is C23H24FN5O2. The monoisotopic (exact) mass is 421 g/mol. The number of nitroso groups, excluding NO2 is 1. The second-order valence-corrected chi connectivity index (χ2v) is 7.71. The van der Waals surface area contributed by atoms with Crippen LogP contribution >= 0.6 is 0 Å². The lowest BCUT2D eigenvalue weighted by Gasteiger charge is -2.22. The molecule has 0 saturated carbocycles. The van der Waals surface area contributed by atoms with Gasteiger partial charge in [0.15, 0.2) is 11.6 Å². The zero-order valence-corrected chi connectivity index (χ0v) is 17.5. The third-order valence-corrected chi connectivity index (χ3v) is 5.24. The van der Waals surface area contributed by atoms with Gasteiger partial charge in [-0.05, 0) is 62.8 Å². The molecule has 2 aromatic carbocycles. The topological polar surface area (TPSA) is 70.1 Å². The van der Waals surface area contributed by atoms with Gasteiger partial charge >= 0.3 is 0 Å². The summed E-state index contributed by atoms with van der Waals surface area (Å²) < 4.78 is 20.4. The van der Waals surface area contributed by atoms with Gasteiger partial charge in [0.1, 0.15) is 11.4 Å². The van der Waals surface area contributed by atoms with Gasteiger partial charge in [-0.3, -0.25) is 4.98 Å². The number of pyridine rings is 1. The fraction of sp³-hybridized carbons (Fsp3) is 0.261. The Labute approximate surface area is 180 Å². The number of ether oxygens (including phenoxy) is 1. The summed E-state index contributed by atoms with van der Waals surface area (Å²) in [5, 5.41) is 7.71. The summed E-state index contributed by atoms with van der Waals surface area (Å²) in [5.74, 6) is 0.0134. The van der Waals surface area contributed by atoms with Gasteiger partial charge in [-0.25, -0.2) is 4.39 Å². The van der Waals surface area contributed by atoms with Crippen molar-refractivity contribution < 1.29 is 9.13 Å². The largest absolute Gasteiger partial charge is 0.454 e. The molecule has 1 aliphatic heterocycles. The summed E-state index contributed by atoms with van der Waals surface area (Å²) >= 11 is 0. The first-order chi connectivity index (χ1) is 15.0. The number of anilines is 3. The van der Waals surface area contributed by atoms with Crippen molar-refractivity contribution in [3.05, 3.63) is 77.2 Å². The van der Waals surface area contributed by atoms with E-state index in [9.17, 15) is 9.30 Å². The lowest BCUT2D eigenvalue weighted by atomic mass is 10.2. The number of likely N-dealkylation sites (N-methyl/N-ethyl adjacent to an activating group) is 1. The summed E-state index contributed by atoms with van der Waals surface area (Å²) in [5.41, 5.74) is 2.47. The smallest absolute Gasteiger partial charge is 0.167 e. The van der Waals surface area contributed by atoms with Crippen LogP contribution in [-0.2, 0) is 0 Å². The molecule has 1 aromatic heterocycles. The highest BCUT2D eigenvalue weighted by Gasteiger charge is 2.22. The van der Waals surface area contributed by atoms with E-state index in [1.54, 1.807) is 24.4 Å². The Hall–Kier alpha value is -3.52. The number of nitrogens with one attached hydrogen (secondary N) is 1. The lowest BCUT2D eigenvalue weighted by molar-refractivity contribution is 0.414. The van der Waals surface area contributed by atoms with Gasteiger partial charge in [-0.15, -0.1) is 4.91 Å². The van der Waals surface area contributed by atoms with Crippen molar-refractivity contribution in [3.63, 3.8) is 0 Å². The fourth-order valence-corrected chi connectivity index (χ4v) is 3.69. The molecule has 3 aromatic rings. The number of halogens is 1. The first-order valence-electron chi connectivity index (χ1n) is 10.1. The molecule has 0 radical (unpaired) electrons. The van der Waals surface area contributed by atoms with Gasteiger partial charge in [-0.2, -0.15) is 5.01 Å². The lowest BCUT2D eigenvalue weighted by Crippen LogP contribution is -2.24. The molecule has 160 valence electrons. The molecule has 1 atom stereocenters. The van der Waals surface area contributed by atoms with Crippen LogP contribution in [0.2, 0.25) is 0 Å². The number of rotatable bonds is 7. The summed E-state index contributed by atoms with van der Waals surface area (Å²) in [7, 11) is 2.07. The van der Waals surface area contributed by atoms with Gasteiger partial charge in [0, 0.05) is 24.8 Å². The average Bonchev–Trinajstić information content (AvgIpc) is 3.16. The normalized spacial score (nSPS) is 16.2. The average molecular weight is 421 g/mol. The summed E-state index contributed by atoms with van der Waals surface area (Å²) in [4.78, 5) is 18.1. The Morgan fingerprint density at radius 2 is 2.13 bits per heavy atom. The molecular weight excluding hydrogens is 397 g/mol. The molecule has 8 heteroatoms. The molecule has 1 N–H and O–H groups in total. The Morgan fingerprint density at radius 1 is 1.26 bits per heavy atom. The first-order valence-corrected chi connectivity index (χ1v) is 10.1. The summed E-state index contributed by atoms with van der Waals surface area (Å²) in [6.07, 6.45) is 4.18. The molecule has 4 rings (SSSR count). The number of benzene rings is 2. The fourth-order valence-electron chi connectivity index (χ4n) is 3.69. The van der Waals surface area contributed by atoms with Crippen LogP contribution in [0.15, 0.2) is 66.2 Å². The maximum absolute atomic E-state index is 14.8. The first kappa shape index (κ1) is 20.7. The minimum Gasteiger partial charge on any atom is -0.454 e. The van der Waals surface area contributed by atoms with Crippen molar-refractivity contribution >= 4 is 17.1 Å². The summed E-state index contributed by atoms with van der Waals surface area (Å²) in [6, 6.07) is 13.7. The summed E-state index contributed by atoms with van der Waals surface area (Å²) in [6.45, 7) is 3.83. The minimum atomic E-state index is -0.594. The second-order valence-electron chi connectivity index (χ2n) is 7.71. The van der Waals surface area contributed by atoms with Crippen LogP contribution in [0.4, 0.5) is 21.5 Å². The molecule has 31 heavy (non-hydrogen) atoms. The van der Waals surface area contributed by atoms with Gasteiger partial charge in [-0.1, -0.05) is 12.1 Å². The highest BCUT2D eigenvalue weighted by molar-refractivity contribution is 5.75. The SMILES string of the molecule is Cc1cccc(Oc2ccc(N(N=O)c3cnccc3NC3CCN(C)C3)cc2F)c1. The van der Waals surface area contributed by atoms with E-state index in [0.717, 1.165) is 35.8 Å². The van der Waals surface area contributed by atoms with E-state index in [0.29, 0.717) is 11.4 Å². The number of aromatic nitrogens is 1. The van der Waals surface area contributed by atoms with Gasteiger partial charge < -0.3 is 15.0 Å². The van der Waals surface area contributed by atoms with Crippen LogP contribution in [0.3, 0.4) is 0 Å². The molecule has 0 aliphatic carbocycles. The van der Waals surface area contributed by atoms with Crippen LogP contribution in [0.1, 0.15) is 12.0 Å². The Morgan fingerprint density at radius 3 is 2.84 bits per heavy atom. The predicted octanol–water partition coefficient (Wildman–Crippen LogP) is 5.26. The maximum atomic E-state index is 14.8. The second kappa shape index (κ2) is 9.09. The van der Waals surface area contributed by atoms with Crippen LogP contribution < -0.4 is 15.1 Å². The minimum absolute atomic E-state index is 0.0683. The Bertz CT molecular complexity index is 1080. The third kappa shape index (κ3) is 4.80. The van der Waals surface area contributed by atoms with Gasteiger partial charge in [0.2, 0.25) is 0 Å². The molecule has 1 unspecified atom stereocenters. The van der Waals surface area contributed by atoms with Crippen molar-refractivity contribution in [1.29, 1.82) is 0 Å². The number of likely N-dealkylation sites (tertiary alicyclic amines) is 1. The van der Waals surface area contributed by atoms with E-state index < -0.39 is 5.82 Å². The number of hydrogen-bond donors (Lipinski definition) is 1. The van der Waals surface area contributed by atoms with Crippen LogP contribution in [0.5, 0.6) is 11.5 Å². The Kier molecular flexibility index (Phi) is 6.08. The van der Waals surface area contributed by atoms with Crippen molar-refractivity contribution in [2.24, 2.45) is 5.29 Å². The molecule has 7 nitrogen and oxygen atoms in total. The van der Waals surface area contributed by atoms with Crippen LogP contribution in [0.25, 0.3) is 0 Å².